The average Bonchev–Trinajstić information content (AvgIpc) is 2.86. The molecular weight excluding hydrogens is 350 g/mol. The van der Waals surface area contributed by atoms with Crippen LogP contribution in [0.15, 0.2) is 23.4 Å². The Hall–Kier alpha value is -1.93. The topological polar surface area (TPSA) is 95.1 Å². The van der Waals surface area contributed by atoms with E-state index < -0.39 is 0 Å². The zero-order chi connectivity index (χ0) is 17.9. The molecule has 130 valence electrons. The van der Waals surface area contributed by atoms with Crippen LogP contribution in [0.3, 0.4) is 0 Å². The summed E-state index contributed by atoms with van der Waals surface area (Å²) in [5.41, 5.74) is 0.374. The van der Waals surface area contributed by atoms with E-state index in [-0.39, 0.29) is 17.1 Å². The molecular formula is C15H20ClN5O2S. The lowest BCUT2D eigenvalue weighted by Crippen LogP contribution is -2.24. The van der Waals surface area contributed by atoms with Crippen LogP contribution in [0.1, 0.15) is 26.6 Å². The van der Waals surface area contributed by atoms with Gasteiger partial charge >= 0.3 is 0 Å². The Balaban J connectivity index is 1.97. The molecule has 0 aliphatic carbocycles. The fourth-order valence-corrected chi connectivity index (χ4v) is 2.87. The zero-order valence-corrected chi connectivity index (χ0v) is 15.5. The largest absolute Gasteiger partial charge is 0.495 e. The Morgan fingerprint density at radius 1 is 1.42 bits per heavy atom. The Morgan fingerprint density at radius 3 is 2.67 bits per heavy atom. The zero-order valence-electron chi connectivity index (χ0n) is 14.0. The number of hydrogen-bond donors (Lipinski definition) is 2. The van der Waals surface area contributed by atoms with Crippen LogP contribution < -0.4 is 15.9 Å². The third-order valence-corrected chi connectivity index (χ3v) is 4.34. The predicted molar refractivity (Wildman–Crippen MR) is 96.2 cm³/mol. The van der Waals surface area contributed by atoms with E-state index in [9.17, 15) is 4.79 Å². The maximum atomic E-state index is 12.1. The smallest absolute Gasteiger partial charge is 0.234 e. The van der Waals surface area contributed by atoms with E-state index in [0.717, 1.165) is 0 Å². The highest BCUT2D eigenvalue weighted by atomic mass is 35.5. The van der Waals surface area contributed by atoms with Gasteiger partial charge in [-0.05, 0) is 18.2 Å². The number of hydrogen-bond acceptors (Lipinski definition) is 6. The number of carbonyl (C=O) groups excluding carboxylic acids is 1. The number of aromatic nitrogens is 3. The number of nitrogen functional groups attached to an aromatic ring is 1. The summed E-state index contributed by atoms with van der Waals surface area (Å²) in [7, 11) is 1.53. The first kappa shape index (κ1) is 18.4. The van der Waals surface area contributed by atoms with Crippen molar-refractivity contribution < 1.29 is 9.53 Å². The molecule has 0 spiro atoms. The molecule has 3 N–H and O–H groups in total. The van der Waals surface area contributed by atoms with Crippen LogP contribution >= 0.6 is 23.4 Å². The van der Waals surface area contributed by atoms with Crippen molar-refractivity contribution in [2.45, 2.75) is 31.3 Å². The maximum Gasteiger partial charge on any atom is 0.234 e. The van der Waals surface area contributed by atoms with E-state index in [2.05, 4.69) is 15.5 Å². The lowest BCUT2D eigenvalue weighted by Gasteiger charge is -2.16. The van der Waals surface area contributed by atoms with E-state index in [0.29, 0.717) is 27.4 Å². The lowest BCUT2D eigenvalue weighted by molar-refractivity contribution is -0.113. The van der Waals surface area contributed by atoms with Crippen LogP contribution in [0.25, 0.3) is 0 Å². The van der Waals surface area contributed by atoms with E-state index >= 15 is 0 Å². The molecule has 0 saturated carbocycles. The minimum atomic E-state index is -0.220. The lowest BCUT2D eigenvalue weighted by atomic mass is 9.96. The number of thioether (sulfide) groups is 1. The number of rotatable bonds is 5. The second kappa shape index (κ2) is 7.31. The second-order valence-corrected chi connectivity index (χ2v) is 7.46. The third-order valence-electron chi connectivity index (χ3n) is 3.10. The maximum absolute atomic E-state index is 12.1. The van der Waals surface area contributed by atoms with Crippen molar-refractivity contribution >= 4 is 35.0 Å². The molecule has 24 heavy (non-hydrogen) atoms. The number of benzene rings is 1. The number of nitrogens with zero attached hydrogens (tertiary/aromatic N) is 3. The van der Waals surface area contributed by atoms with Crippen LogP contribution in [0.2, 0.25) is 5.02 Å². The molecule has 0 aliphatic rings. The SMILES string of the molecule is COc1ccc(NC(=O)CSc2nnc(C(C)(C)C)n2N)cc1Cl. The number of nitrogens with two attached hydrogens (primary N) is 1. The summed E-state index contributed by atoms with van der Waals surface area (Å²) in [5.74, 6) is 7.16. The molecule has 0 radical (unpaired) electrons. The van der Waals surface area contributed by atoms with Crippen molar-refractivity contribution in [2.75, 3.05) is 24.0 Å². The fraction of sp³-hybridized carbons (Fsp3) is 0.400. The summed E-state index contributed by atoms with van der Waals surface area (Å²) in [6.07, 6.45) is 0. The first-order valence-corrected chi connectivity index (χ1v) is 8.56. The standard InChI is InChI=1S/C15H20ClN5O2S/c1-15(2,3)13-19-20-14(21(13)17)24-8-12(22)18-9-5-6-11(23-4)10(16)7-9/h5-7H,8,17H2,1-4H3,(H,18,22). The summed E-state index contributed by atoms with van der Waals surface area (Å²) >= 11 is 7.25. The number of methoxy groups -OCH3 is 1. The minimum Gasteiger partial charge on any atom is -0.495 e. The molecule has 7 nitrogen and oxygen atoms in total. The van der Waals surface area contributed by atoms with Gasteiger partial charge in [0.2, 0.25) is 11.1 Å². The van der Waals surface area contributed by atoms with Crippen molar-refractivity contribution in [1.29, 1.82) is 0 Å². The number of ether oxygens (including phenoxy) is 1. The molecule has 1 aromatic carbocycles. The van der Waals surface area contributed by atoms with Gasteiger partial charge in [-0.3, -0.25) is 4.79 Å². The molecule has 0 aliphatic heterocycles. The monoisotopic (exact) mass is 369 g/mol. The minimum absolute atomic E-state index is 0.156. The number of anilines is 1. The van der Waals surface area contributed by atoms with Gasteiger partial charge < -0.3 is 15.9 Å². The van der Waals surface area contributed by atoms with Gasteiger partial charge in [-0.2, -0.15) is 0 Å². The van der Waals surface area contributed by atoms with Gasteiger partial charge in [-0.1, -0.05) is 44.1 Å². The molecule has 9 heteroatoms. The molecule has 0 atom stereocenters. The van der Waals surface area contributed by atoms with Gasteiger partial charge in [-0.15, -0.1) is 10.2 Å². The molecule has 1 amide bonds. The number of amides is 1. The molecule has 1 heterocycles. The highest BCUT2D eigenvalue weighted by Crippen LogP contribution is 2.27. The van der Waals surface area contributed by atoms with Gasteiger partial charge in [0.15, 0.2) is 5.82 Å². The molecule has 0 bridgehead atoms. The Bertz CT molecular complexity index is 742. The Labute approximate surface area is 149 Å². The molecule has 2 rings (SSSR count). The quantitative estimate of drug-likeness (QED) is 0.621. The molecule has 1 aromatic heterocycles. The first-order valence-electron chi connectivity index (χ1n) is 7.19. The van der Waals surface area contributed by atoms with Crippen LogP contribution in [-0.2, 0) is 10.2 Å². The van der Waals surface area contributed by atoms with Crippen molar-refractivity contribution in [3.8, 4) is 5.75 Å². The van der Waals surface area contributed by atoms with Gasteiger partial charge in [0, 0.05) is 11.1 Å². The van der Waals surface area contributed by atoms with Gasteiger partial charge in [-0.25, -0.2) is 4.68 Å². The van der Waals surface area contributed by atoms with Crippen LogP contribution in [0.5, 0.6) is 5.75 Å². The van der Waals surface area contributed by atoms with Crippen molar-refractivity contribution in [2.24, 2.45) is 0 Å². The molecule has 0 fully saturated rings. The van der Waals surface area contributed by atoms with E-state index in [1.165, 1.54) is 23.5 Å². The van der Waals surface area contributed by atoms with Crippen molar-refractivity contribution in [1.82, 2.24) is 14.9 Å². The average molecular weight is 370 g/mol. The first-order chi connectivity index (χ1) is 11.2. The highest BCUT2D eigenvalue weighted by Gasteiger charge is 2.23. The second-order valence-electron chi connectivity index (χ2n) is 6.11. The van der Waals surface area contributed by atoms with Crippen LogP contribution in [0.4, 0.5) is 5.69 Å². The van der Waals surface area contributed by atoms with Gasteiger partial charge in [0.05, 0.1) is 17.9 Å². The van der Waals surface area contributed by atoms with Crippen molar-refractivity contribution in [3.05, 3.63) is 29.0 Å². The molecule has 2 aromatic rings. The summed E-state index contributed by atoms with van der Waals surface area (Å²) < 4.78 is 6.49. The number of nitrogens with one attached hydrogen (secondary N) is 1. The Kier molecular flexibility index (Phi) is 5.61. The van der Waals surface area contributed by atoms with E-state index in [4.69, 9.17) is 22.2 Å². The summed E-state index contributed by atoms with van der Waals surface area (Å²) in [6, 6.07) is 5.04. The normalized spacial score (nSPS) is 11.4. The van der Waals surface area contributed by atoms with E-state index in [1.54, 1.807) is 18.2 Å². The predicted octanol–water partition coefficient (Wildman–Crippen LogP) is 2.68. The highest BCUT2D eigenvalue weighted by molar-refractivity contribution is 7.99. The molecule has 0 unspecified atom stereocenters. The van der Waals surface area contributed by atoms with Crippen LogP contribution in [-0.4, -0.2) is 33.6 Å². The van der Waals surface area contributed by atoms with E-state index in [1.807, 2.05) is 20.8 Å². The molecule has 0 saturated heterocycles. The van der Waals surface area contributed by atoms with Crippen molar-refractivity contribution in [3.63, 3.8) is 0 Å². The summed E-state index contributed by atoms with van der Waals surface area (Å²) in [6.45, 7) is 5.98. The van der Waals surface area contributed by atoms with Gasteiger partial charge in [0.1, 0.15) is 5.75 Å². The Morgan fingerprint density at radius 2 is 2.12 bits per heavy atom. The number of carbonyl (C=O) groups is 1. The van der Waals surface area contributed by atoms with Crippen LogP contribution in [0, 0.1) is 0 Å². The summed E-state index contributed by atoms with van der Waals surface area (Å²) in [5, 5.41) is 11.8. The third kappa shape index (κ3) is 4.33. The summed E-state index contributed by atoms with van der Waals surface area (Å²) in [4.78, 5) is 12.1. The number of halogens is 1. The fourth-order valence-electron chi connectivity index (χ4n) is 1.96. The van der Waals surface area contributed by atoms with Gasteiger partial charge in [0.25, 0.3) is 0 Å².